The first-order valence-corrected chi connectivity index (χ1v) is 39.6. The van der Waals surface area contributed by atoms with Crippen LogP contribution in [0.25, 0.3) is 0 Å². The van der Waals surface area contributed by atoms with E-state index in [0.29, 0.717) is 80.4 Å². The average molecular weight is 1310 g/mol. The van der Waals surface area contributed by atoms with Crippen molar-refractivity contribution in [3.63, 3.8) is 0 Å². The molecule has 20 unspecified atom stereocenters. The van der Waals surface area contributed by atoms with E-state index in [-0.39, 0.29) is 111 Å². The summed E-state index contributed by atoms with van der Waals surface area (Å²) in [6.07, 6.45) is 31.8. The smallest absolute Gasteiger partial charge is 0.303 e. The Hall–Kier alpha value is -4.16. The van der Waals surface area contributed by atoms with Crippen LogP contribution in [-0.2, 0) is 27.3 Å². The van der Waals surface area contributed by atoms with Crippen LogP contribution in [0.5, 0.6) is 11.5 Å². The number of aromatic hydroxyl groups is 1. The molecule has 1 saturated heterocycles. The molecule has 15 nitrogen and oxygen atoms in total. The van der Waals surface area contributed by atoms with E-state index in [9.17, 15) is 25.2 Å². The minimum atomic E-state index is -0.892. The number of esters is 1. The van der Waals surface area contributed by atoms with E-state index in [1.165, 1.54) is 37.7 Å². The Morgan fingerprint density at radius 1 is 0.828 bits per heavy atom. The minimum absolute atomic E-state index is 0.0285. The van der Waals surface area contributed by atoms with Crippen molar-refractivity contribution < 1.29 is 39.5 Å². The maximum Gasteiger partial charge on any atom is 0.303 e. The lowest BCUT2D eigenvalue weighted by Crippen LogP contribution is -2.60. The molecule has 18 aliphatic rings. The molecule has 8 heterocycles. The molecule has 6 spiro atoms. The van der Waals surface area contributed by atoms with Crippen LogP contribution >= 0.6 is 21.6 Å². The second kappa shape index (κ2) is 24.4. The van der Waals surface area contributed by atoms with Gasteiger partial charge in [-0.3, -0.25) is 19.6 Å². The third kappa shape index (κ3) is 10.4. The van der Waals surface area contributed by atoms with Gasteiger partial charge in [0.05, 0.1) is 12.2 Å². The van der Waals surface area contributed by atoms with Crippen LogP contribution in [0.3, 0.4) is 0 Å². The molecule has 10 aliphatic carbocycles. The summed E-state index contributed by atoms with van der Waals surface area (Å²) in [6.45, 7) is 3.71. The fraction of sp³-hybridized carbons (Fsp3) is 0.763. The van der Waals surface area contributed by atoms with Crippen molar-refractivity contribution in [3.8, 4) is 11.5 Å². The Bertz CT molecular complexity index is 3260. The number of carbonyl (C=O) groups is 2. The van der Waals surface area contributed by atoms with Crippen molar-refractivity contribution in [2.24, 2.45) is 96.4 Å². The summed E-state index contributed by atoms with van der Waals surface area (Å²) in [6, 6.07) is 13.2. The van der Waals surface area contributed by atoms with Gasteiger partial charge in [0.15, 0.2) is 23.4 Å². The first-order valence-electron chi connectivity index (χ1n) is 37.2. The zero-order chi connectivity index (χ0) is 63.7. The number of hydrogen-bond donors (Lipinski definition) is 8. The molecular weight excluding hydrogens is 1200 g/mol. The standard InChI is InChI=1S/C76H107N7O8S2/c1-46(85)90-75-39-51-15-17-55(75)35-52-33-53(65(88)66-64(52)48-21-30-74(91-66)28-7-14-54(74)34-48)43-83-45-71(41-62(83)87)56(19-20-60(71)47-11-3-2-4-12-47)42-80-69(78)82-76(29-9-25-70(76)23-5-6-24-70)93-92-44-57-18-16-50(63(51)61(86)40-75)38-72(57)26-10-27-73(72)37-49(13-8-32-84)59(67(73)89)36-58-22-31-79-68(77)81-58/h2-4,11-12,21,30,33,48-51,54-61,63,67,84,86,88-89H,5-10,13-20,22-29,31-32,34-45H2,1H3,(H3,77,79,81)(H3,78,80,82). The van der Waals surface area contributed by atoms with E-state index in [1.807, 2.05) is 4.90 Å². The number of phenolic OH excluding ortho intramolecular Hbond substituents is 1. The zero-order valence-corrected chi connectivity index (χ0v) is 57.0. The van der Waals surface area contributed by atoms with Crippen LogP contribution in [-0.4, -0.2) is 115 Å². The Morgan fingerprint density at radius 2 is 1.61 bits per heavy atom. The molecule has 10 fully saturated rings. The van der Waals surface area contributed by atoms with Gasteiger partial charge < -0.3 is 56.9 Å². The van der Waals surface area contributed by atoms with Gasteiger partial charge in [0.25, 0.3) is 0 Å². The van der Waals surface area contributed by atoms with E-state index in [4.69, 9.17) is 25.9 Å². The molecule has 0 aromatic heterocycles. The highest BCUT2D eigenvalue weighted by atomic mass is 33.1. The largest absolute Gasteiger partial charge is 0.504 e. The molecule has 93 heavy (non-hydrogen) atoms. The summed E-state index contributed by atoms with van der Waals surface area (Å²) in [5.74, 6) is 4.12. The summed E-state index contributed by atoms with van der Waals surface area (Å²) < 4.78 is 14.2. The average Bonchev–Trinajstić information content (AvgIpc) is 1.59. The monoisotopic (exact) mass is 1310 g/mol. The Kier molecular flexibility index (Phi) is 16.7. The molecule has 506 valence electrons. The topological polar surface area (TPSA) is 238 Å². The first-order chi connectivity index (χ1) is 45.0. The Balaban J connectivity index is 0.806. The maximum atomic E-state index is 15.2. The highest BCUT2D eigenvalue weighted by molar-refractivity contribution is 8.77. The molecule has 9 saturated carbocycles. The highest BCUT2D eigenvalue weighted by Crippen LogP contribution is 2.74. The van der Waals surface area contributed by atoms with E-state index in [0.717, 1.165) is 152 Å². The van der Waals surface area contributed by atoms with Crippen LogP contribution in [0.15, 0.2) is 58.5 Å². The van der Waals surface area contributed by atoms with Gasteiger partial charge in [-0.05, 0) is 237 Å². The first kappa shape index (κ1) is 63.6. The van der Waals surface area contributed by atoms with Crippen LogP contribution in [0, 0.1) is 74.9 Å². The number of benzene rings is 2. The number of amides is 1. The molecule has 0 radical (unpaired) electrons. The van der Waals surface area contributed by atoms with Gasteiger partial charge in [-0.2, -0.15) is 0 Å². The second-order valence-electron chi connectivity index (χ2n) is 33.3. The van der Waals surface area contributed by atoms with E-state index in [2.05, 4.69) is 85.8 Å². The van der Waals surface area contributed by atoms with Crippen LogP contribution < -0.4 is 26.8 Å². The van der Waals surface area contributed by atoms with Crippen molar-refractivity contribution in [3.05, 3.63) is 70.8 Å². The lowest BCUT2D eigenvalue weighted by Gasteiger charge is -2.60. The second-order valence-corrected chi connectivity index (χ2v) is 36.0. The molecule has 8 aliphatic heterocycles. The lowest BCUT2D eigenvalue weighted by molar-refractivity contribution is -0.204. The predicted octanol–water partition coefficient (Wildman–Crippen LogP) is 12.1. The maximum absolute atomic E-state index is 15.2. The molecule has 12 bridgehead atoms. The van der Waals surface area contributed by atoms with Gasteiger partial charge in [0.1, 0.15) is 16.1 Å². The Labute approximate surface area is 560 Å². The molecule has 20 rings (SSSR count). The van der Waals surface area contributed by atoms with Crippen LogP contribution in [0.1, 0.15) is 227 Å². The van der Waals surface area contributed by atoms with E-state index < -0.39 is 28.8 Å². The van der Waals surface area contributed by atoms with E-state index in [1.54, 1.807) is 6.92 Å². The van der Waals surface area contributed by atoms with Crippen molar-refractivity contribution in [1.82, 2.24) is 15.5 Å². The number of allylic oxidation sites excluding steroid dienone is 1. The van der Waals surface area contributed by atoms with E-state index >= 15 is 4.79 Å². The minimum Gasteiger partial charge on any atom is -0.504 e. The molecule has 2 aromatic carbocycles. The van der Waals surface area contributed by atoms with Crippen LogP contribution in [0.2, 0.25) is 0 Å². The summed E-state index contributed by atoms with van der Waals surface area (Å²) in [5, 5.41) is 58.2. The quantitative estimate of drug-likeness (QED) is 0.0731. The van der Waals surface area contributed by atoms with Gasteiger partial charge in [-0.1, -0.05) is 77.3 Å². The fourth-order valence-electron chi connectivity index (χ4n) is 25.7. The van der Waals surface area contributed by atoms with Gasteiger partial charge in [-0.25, -0.2) is 0 Å². The number of rotatable bonds is 7. The highest BCUT2D eigenvalue weighted by Gasteiger charge is 2.70. The lowest BCUT2D eigenvalue weighted by atomic mass is 9.47. The Morgan fingerprint density at radius 3 is 2.43 bits per heavy atom. The normalized spacial score (nSPS) is 43.9. The summed E-state index contributed by atoms with van der Waals surface area (Å²) >= 11 is 0. The molecule has 2 aromatic rings. The molecule has 17 heteroatoms. The van der Waals surface area contributed by atoms with Crippen molar-refractivity contribution in [2.45, 2.75) is 252 Å². The zero-order valence-electron chi connectivity index (χ0n) is 55.4. The number of aliphatic hydroxyl groups is 3. The number of phenols is 1. The van der Waals surface area contributed by atoms with Gasteiger partial charge in [-0.15, -0.1) is 0 Å². The molecular formula is C76H107N7O8S2. The number of nitrogens with zero attached hydrogens (tertiary/aromatic N) is 3. The number of nitrogens with two attached hydrogens (primary N) is 2. The third-order valence-electron chi connectivity index (χ3n) is 29.4. The summed E-state index contributed by atoms with van der Waals surface area (Å²) in [7, 11) is 4.13. The number of aliphatic imine (C=N–C) groups is 2. The molecule has 20 atom stereocenters. The molecule has 1 amide bonds. The van der Waals surface area contributed by atoms with Crippen molar-refractivity contribution in [2.75, 3.05) is 32.0 Å². The van der Waals surface area contributed by atoms with Crippen molar-refractivity contribution >= 4 is 45.4 Å². The van der Waals surface area contributed by atoms with Gasteiger partial charge in [0.2, 0.25) is 5.91 Å². The van der Waals surface area contributed by atoms with Crippen molar-refractivity contribution in [1.29, 1.82) is 0 Å². The predicted molar refractivity (Wildman–Crippen MR) is 366 cm³/mol. The summed E-state index contributed by atoms with van der Waals surface area (Å²) in [4.78, 5) is 40.7. The van der Waals surface area contributed by atoms with Crippen LogP contribution in [0.4, 0.5) is 0 Å². The number of ether oxygens (including phenoxy) is 2. The van der Waals surface area contributed by atoms with Gasteiger partial charge >= 0.3 is 5.97 Å². The number of hydrogen-bond acceptors (Lipinski definition) is 16. The SMILES string of the molecule is CC(=O)OC12CC(O)C3C(CCC1Cc1cc(c(O)c4c1C1C=CC5(CCCC5C1)O4)CN1CC4(CC1=O)C(CCC4c1ccccc1)CN=C(N)NC1(CCCC14CCCC4)SSCC1CCC3CC13CCCC31CC(CCCO)C(CC3CCN=C(N)N3)C1O)C2. The third-order valence-corrected chi connectivity index (χ3v) is 32.7. The number of guanidine groups is 2. The fourth-order valence-corrected chi connectivity index (χ4v) is 29.6. The van der Waals surface area contributed by atoms with Gasteiger partial charge in [0, 0.05) is 109 Å². The summed E-state index contributed by atoms with van der Waals surface area (Å²) in [5.41, 5.74) is 15.7. The number of carbonyl (C=O) groups excluding carboxylic acids is 2. The molecule has 10 N–H and O–H groups in total. The number of aliphatic hydroxyl groups excluding tert-OH is 3. The number of nitrogens with one attached hydrogen (secondary N) is 2.